The van der Waals surface area contributed by atoms with Crippen molar-refractivity contribution in [2.24, 2.45) is 5.92 Å². The molecule has 2 aromatic rings. The molecule has 2 heteroatoms. The van der Waals surface area contributed by atoms with E-state index in [4.69, 9.17) is 0 Å². The predicted molar refractivity (Wildman–Crippen MR) is 96.4 cm³/mol. The van der Waals surface area contributed by atoms with Crippen LogP contribution in [0.15, 0.2) is 53.0 Å². The number of hydrogen-bond donors (Lipinski definition) is 1. The van der Waals surface area contributed by atoms with Crippen molar-refractivity contribution < 1.29 is 0 Å². The zero-order valence-corrected chi connectivity index (χ0v) is 14.5. The molecule has 2 aromatic carbocycles. The van der Waals surface area contributed by atoms with E-state index >= 15 is 0 Å². The number of halogens is 1. The maximum absolute atomic E-state index is 3.83. The molecule has 0 fully saturated rings. The van der Waals surface area contributed by atoms with Crippen LogP contribution < -0.4 is 5.32 Å². The second-order valence-electron chi connectivity index (χ2n) is 6.57. The minimum Gasteiger partial charge on any atom is -0.378 e. The van der Waals surface area contributed by atoms with Crippen LogP contribution in [0.25, 0.3) is 0 Å². The van der Waals surface area contributed by atoms with Crippen molar-refractivity contribution in [3.05, 3.63) is 75.3 Å². The molecule has 0 bridgehead atoms. The Bertz CT molecular complexity index is 745. The van der Waals surface area contributed by atoms with E-state index in [0.29, 0.717) is 17.9 Å². The molecule has 1 heterocycles. The quantitative estimate of drug-likeness (QED) is 0.630. The minimum absolute atomic E-state index is 0.391. The summed E-state index contributed by atoms with van der Waals surface area (Å²) in [6, 6.07) is 13.8. The summed E-state index contributed by atoms with van der Waals surface area (Å²) in [6.45, 7) is 4.43. The maximum Gasteiger partial charge on any atom is 0.0553 e. The van der Waals surface area contributed by atoms with Gasteiger partial charge in [0.25, 0.3) is 0 Å². The summed E-state index contributed by atoms with van der Waals surface area (Å²) < 4.78 is 1.14. The molecule has 1 nitrogen and oxygen atoms in total. The number of nitrogens with one attached hydrogen (secondary N) is 1. The molecule has 0 radical (unpaired) electrons. The summed E-state index contributed by atoms with van der Waals surface area (Å²) in [7, 11) is 0. The number of allylic oxidation sites excluding steroid dienone is 2. The Labute approximate surface area is 140 Å². The number of aryl methyl sites for hydroxylation is 2. The minimum atomic E-state index is 0.391. The third-order valence-electron chi connectivity index (χ3n) is 5.05. The molecular weight excluding hydrogens is 334 g/mol. The Morgan fingerprint density at radius 1 is 1.09 bits per heavy atom. The summed E-state index contributed by atoms with van der Waals surface area (Å²) in [5.41, 5.74) is 6.94. The van der Waals surface area contributed by atoms with E-state index in [1.807, 2.05) is 0 Å². The molecule has 3 unspecified atom stereocenters. The summed E-state index contributed by atoms with van der Waals surface area (Å²) in [5, 5.41) is 3.83. The highest BCUT2D eigenvalue weighted by Gasteiger charge is 2.38. The maximum atomic E-state index is 3.83. The highest BCUT2D eigenvalue weighted by Crippen LogP contribution is 2.51. The zero-order chi connectivity index (χ0) is 15.3. The molecule has 0 aromatic heterocycles. The first-order valence-corrected chi connectivity index (χ1v) is 8.72. The lowest BCUT2D eigenvalue weighted by Crippen LogP contribution is -2.29. The normalized spacial score (nSPS) is 25.5. The van der Waals surface area contributed by atoms with Gasteiger partial charge in [0.1, 0.15) is 0 Å². The fourth-order valence-corrected chi connectivity index (χ4v) is 4.41. The molecule has 112 valence electrons. The van der Waals surface area contributed by atoms with Gasteiger partial charge >= 0.3 is 0 Å². The second-order valence-corrected chi connectivity index (χ2v) is 7.49. The molecule has 22 heavy (non-hydrogen) atoms. The highest BCUT2D eigenvalue weighted by atomic mass is 79.9. The first kappa shape index (κ1) is 14.1. The summed E-state index contributed by atoms with van der Waals surface area (Å²) in [4.78, 5) is 0. The smallest absolute Gasteiger partial charge is 0.0553 e. The van der Waals surface area contributed by atoms with E-state index in [-0.39, 0.29) is 0 Å². The molecule has 1 aliphatic carbocycles. The van der Waals surface area contributed by atoms with Crippen molar-refractivity contribution in [1.29, 1.82) is 0 Å². The van der Waals surface area contributed by atoms with E-state index < -0.39 is 0 Å². The zero-order valence-electron chi connectivity index (χ0n) is 12.9. The molecule has 4 rings (SSSR count). The Morgan fingerprint density at radius 2 is 1.86 bits per heavy atom. The van der Waals surface area contributed by atoms with Crippen molar-refractivity contribution in [2.75, 3.05) is 5.32 Å². The molecule has 0 saturated carbocycles. The third-order valence-corrected chi connectivity index (χ3v) is 5.57. The van der Waals surface area contributed by atoms with E-state index in [2.05, 4.69) is 83.6 Å². The van der Waals surface area contributed by atoms with Gasteiger partial charge < -0.3 is 5.32 Å². The van der Waals surface area contributed by atoms with Crippen LogP contribution in [-0.4, -0.2) is 0 Å². The first-order chi connectivity index (χ1) is 10.6. The van der Waals surface area contributed by atoms with Gasteiger partial charge in [-0.05, 0) is 66.6 Å². The fourth-order valence-electron chi connectivity index (χ4n) is 4.14. The molecule has 0 saturated heterocycles. The number of benzene rings is 2. The van der Waals surface area contributed by atoms with Crippen LogP contribution in [0.5, 0.6) is 0 Å². The van der Waals surface area contributed by atoms with Gasteiger partial charge in [-0.25, -0.2) is 0 Å². The average Bonchev–Trinajstić information content (AvgIpc) is 2.95. The number of hydrogen-bond acceptors (Lipinski definition) is 1. The Balaban J connectivity index is 1.82. The van der Waals surface area contributed by atoms with Crippen LogP contribution in [0.3, 0.4) is 0 Å². The van der Waals surface area contributed by atoms with Gasteiger partial charge in [0.2, 0.25) is 0 Å². The van der Waals surface area contributed by atoms with Crippen LogP contribution in [0.2, 0.25) is 0 Å². The molecule has 1 aliphatic heterocycles. The molecular formula is C20H20BrN. The van der Waals surface area contributed by atoms with Gasteiger partial charge in [-0.15, -0.1) is 0 Å². The van der Waals surface area contributed by atoms with Crippen molar-refractivity contribution >= 4 is 21.6 Å². The summed E-state index contributed by atoms with van der Waals surface area (Å²) >= 11 is 3.54. The van der Waals surface area contributed by atoms with Crippen LogP contribution in [0.1, 0.15) is 40.6 Å². The second kappa shape index (κ2) is 5.27. The van der Waals surface area contributed by atoms with Crippen LogP contribution >= 0.6 is 15.9 Å². The fraction of sp³-hybridized carbons (Fsp3) is 0.300. The lowest BCUT2D eigenvalue weighted by molar-refractivity contribution is 0.424. The van der Waals surface area contributed by atoms with Crippen molar-refractivity contribution in [3.63, 3.8) is 0 Å². The van der Waals surface area contributed by atoms with Gasteiger partial charge in [-0.3, -0.25) is 0 Å². The SMILES string of the molecule is Cc1cc(C)c2c(c1)NC(c1ccc(Br)cc1)C1CC=CC21. The van der Waals surface area contributed by atoms with E-state index in [0.717, 1.165) is 10.9 Å². The van der Waals surface area contributed by atoms with Crippen LogP contribution in [0, 0.1) is 19.8 Å². The molecule has 0 spiro atoms. The van der Waals surface area contributed by atoms with Crippen LogP contribution in [0.4, 0.5) is 5.69 Å². The number of rotatable bonds is 1. The van der Waals surface area contributed by atoms with Crippen molar-refractivity contribution in [3.8, 4) is 0 Å². The lowest BCUT2D eigenvalue weighted by Gasteiger charge is -2.38. The van der Waals surface area contributed by atoms with Gasteiger partial charge in [-0.1, -0.05) is 46.3 Å². The number of anilines is 1. The monoisotopic (exact) mass is 353 g/mol. The Hall–Kier alpha value is -1.54. The lowest BCUT2D eigenvalue weighted by atomic mass is 9.75. The van der Waals surface area contributed by atoms with Crippen molar-refractivity contribution in [1.82, 2.24) is 0 Å². The van der Waals surface area contributed by atoms with E-state index in [9.17, 15) is 0 Å². The summed E-state index contributed by atoms with van der Waals surface area (Å²) in [6.07, 6.45) is 5.93. The summed E-state index contributed by atoms with van der Waals surface area (Å²) in [5.74, 6) is 1.17. The Kier molecular flexibility index (Phi) is 3.37. The van der Waals surface area contributed by atoms with Gasteiger partial charge in [0.15, 0.2) is 0 Å². The number of fused-ring (bicyclic) bond motifs is 3. The average molecular weight is 354 g/mol. The topological polar surface area (TPSA) is 12.0 Å². The van der Waals surface area contributed by atoms with E-state index in [1.165, 1.54) is 27.9 Å². The van der Waals surface area contributed by atoms with Gasteiger partial charge in [-0.2, -0.15) is 0 Å². The van der Waals surface area contributed by atoms with Gasteiger partial charge in [0.05, 0.1) is 6.04 Å². The molecule has 0 amide bonds. The molecule has 1 N–H and O–H groups in total. The Morgan fingerprint density at radius 3 is 2.64 bits per heavy atom. The standard InChI is InChI=1S/C20H20BrN/c1-12-10-13(2)19-16-4-3-5-17(16)20(22-18(19)11-12)14-6-8-15(21)9-7-14/h3-4,6-11,16-17,20,22H,5H2,1-2H3. The largest absolute Gasteiger partial charge is 0.378 e. The van der Waals surface area contributed by atoms with Crippen molar-refractivity contribution in [2.45, 2.75) is 32.2 Å². The first-order valence-electron chi connectivity index (χ1n) is 7.93. The highest BCUT2D eigenvalue weighted by molar-refractivity contribution is 9.10. The predicted octanol–water partition coefficient (Wildman–Crippen LogP) is 5.89. The van der Waals surface area contributed by atoms with E-state index in [1.54, 1.807) is 0 Å². The molecule has 3 atom stereocenters. The molecule has 2 aliphatic rings. The van der Waals surface area contributed by atoms with Gasteiger partial charge in [0, 0.05) is 16.1 Å². The third kappa shape index (κ3) is 2.21. The van der Waals surface area contributed by atoms with Crippen LogP contribution in [-0.2, 0) is 0 Å².